The fourth-order valence-corrected chi connectivity index (χ4v) is 1.65. The predicted molar refractivity (Wildman–Crippen MR) is 81.5 cm³/mol. The molecule has 6 heteroatoms. The van der Waals surface area contributed by atoms with Crippen molar-refractivity contribution in [3.8, 4) is 0 Å². The number of carbonyl (C=O) groups is 2. The summed E-state index contributed by atoms with van der Waals surface area (Å²) >= 11 is 0. The van der Waals surface area contributed by atoms with Crippen LogP contribution in [0.2, 0.25) is 0 Å². The molecule has 0 aliphatic rings. The molecular formula is C16H23NO5. The molecule has 0 radical (unpaired) electrons. The highest BCUT2D eigenvalue weighted by Crippen LogP contribution is 2.08. The topological polar surface area (TPSA) is 84.9 Å². The van der Waals surface area contributed by atoms with E-state index >= 15 is 0 Å². The first-order valence-electron chi connectivity index (χ1n) is 7.12. The Morgan fingerprint density at radius 2 is 1.86 bits per heavy atom. The van der Waals surface area contributed by atoms with Crippen molar-refractivity contribution in [3.05, 3.63) is 35.9 Å². The summed E-state index contributed by atoms with van der Waals surface area (Å²) in [5.41, 5.74) is 0.484. The molecule has 1 amide bonds. The Hall–Kier alpha value is -2.08. The molecule has 0 heterocycles. The Bertz CT molecular complexity index is 481. The molecule has 1 aromatic carbocycles. The van der Waals surface area contributed by atoms with Gasteiger partial charge in [0.15, 0.2) is 0 Å². The van der Waals surface area contributed by atoms with E-state index in [1.165, 1.54) is 0 Å². The van der Waals surface area contributed by atoms with Gasteiger partial charge in [0.05, 0.1) is 5.60 Å². The summed E-state index contributed by atoms with van der Waals surface area (Å²) in [5, 5.41) is 11.4. The van der Waals surface area contributed by atoms with Gasteiger partial charge in [-0.15, -0.1) is 0 Å². The zero-order chi connectivity index (χ0) is 16.6. The first-order valence-corrected chi connectivity index (χ1v) is 7.12. The Morgan fingerprint density at radius 3 is 2.41 bits per heavy atom. The Kier molecular flexibility index (Phi) is 6.85. The lowest BCUT2D eigenvalue weighted by atomic mass is 10.2. The Balaban J connectivity index is 2.39. The minimum atomic E-state index is -1.12. The van der Waals surface area contributed by atoms with Gasteiger partial charge in [-0.25, -0.2) is 9.59 Å². The van der Waals surface area contributed by atoms with E-state index < -0.39 is 18.1 Å². The minimum absolute atomic E-state index is 0.0947. The lowest BCUT2D eigenvalue weighted by Gasteiger charge is -2.21. The van der Waals surface area contributed by atoms with Gasteiger partial charge in [-0.2, -0.15) is 0 Å². The molecule has 0 unspecified atom stereocenters. The molecule has 0 saturated carbocycles. The lowest BCUT2D eigenvalue weighted by Crippen LogP contribution is -2.42. The molecule has 0 aliphatic carbocycles. The molecule has 0 aliphatic heterocycles. The van der Waals surface area contributed by atoms with Crippen LogP contribution < -0.4 is 5.32 Å². The second kappa shape index (κ2) is 8.38. The quantitative estimate of drug-likeness (QED) is 0.808. The summed E-state index contributed by atoms with van der Waals surface area (Å²) in [6.07, 6.45) is -0.584. The van der Waals surface area contributed by atoms with Gasteiger partial charge >= 0.3 is 12.1 Å². The molecule has 0 bridgehead atoms. The van der Waals surface area contributed by atoms with E-state index in [9.17, 15) is 9.59 Å². The summed E-state index contributed by atoms with van der Waals surface area (Å²) in [5.74, 6) is -1.12. The molecule has 1 atom stereocenters. The molecule has 1 aromatic rings. The maximum atomic E-state index is 11.7. The number of hydrogen-bond acceptors (Lipinski definition) is 4. The normalized spacial score (nSPS) is 12.5. The number of carboxylic acid groups (broad SMARTS) is 1. The van der Waals surface area contributed by atoms with Crippen LogP contribution in [0.3, 0.4) is 0 Å². The fourth-order valence-electron chi connectivity index (χ4n) is 1.65. The monoisotopic (exact) mass is 309 g/mol. The van der Waals surface area contributed by atoms with E-state index in [2.05, 4.69) is 5.32 Å². The van der Waals surface area contributed by atoms with Crippen molar-refractivity contribution in [2.24, 2.45) is 0 Å². The van der Waals surface area contributed by atoms with Crippen molar-refractivity contribution >= 4 is 12.1 Å². The van der Waals surface area contributed by atoms with Crippen LogP contribution in [0.15, 0.2) is 30.3 Å². The molecule has 0 fully saturated rings. The molecule has 6 nitrogen and oxygen atoms in total. The van der Waals surface area contributed by atoms with E-state index in [1.807, 2.05) is 51.1 Å². The largest absolute Gasteiger partial charge is 0.480 e. The van der Waals surface area contributed by atoms with Crippen molar-refractivity contribution in [1.29, 1.82) is 0 Å². The standard InChI is InChI=1S/C16H23NO5/c1-16(2,3)22-10-9-13(14(18)19)17-15(20)21-11-12-7-5-4-6-8-12/h4-8,13H,9-11H2,1-3H3,(H,17,20)(H,18,19)/t13-/m0/s1. The summed E-state index contributed by atoms with van der Waals surface area (Å²) < 4.78 is 10.5. The highest BCUT2D eigenvalue weighted by atomic mass is 16.5. The third-order valence-corrected chi connectivity index (χ3v) is 2.74. The van der Waals surface area contributed by atoms with Crippen molar-refractivity contribution in [2.75, 3.05) is 6.61 Å². The van der Waals surface area contributed by atoms with Gasteiger partial charge in [0, 0.05) is 13.0 Å². The zero-order valence-electron chi connectivity index (χ0n) is 13.2. The van der Waals surface area contributed by atoms with Crippen molar-refractivity contribution in [1.82, 2.24) is 5.32 Å². The Labute approximate surface area is 130 Å². The smallest absolute Gasteiger partial charge is 0.408 e. The maximum absolute atomic E-state index is 11.7. The van der Waals surface area contributed by atoms with Gasteiger partial charge in [0.2, 0.25) is 0 Å². The van der Waals surface area contributed by atoms with Crippen LogP contribution in [0.4, 0.5) is 4.79 Å². The average molecular weight is 309 g/mol. The number of nitrogens with one attached hydrogen (secondary N) is 1. The number of ether oxygens (including phenoxy) is 2. The first kappa shape index (κ1) is 18.0. The third-order valence-electron chi connectivity index (χ3n) is 2.74. The number of rotatable bonds is 7. The molecular weight excluding hydrogens is 286 g/mol. The number of aliphatic carboxylic acids is 1. The van der Waals surface area contributed by atoms with Crippen LogP contribution >= 0.6 is 0 Å². The third kappa shape index (κ3) is 7.64. The highest BCUT2D eigenvalue weighted by molar-refractivity contribution is 5.79. The molecule has 0 saturated heterocycles. The number of carboxylic acids is 1. The number of carbonyl (C=O) groups excluding carboxylic acids is 1. The molecule has 0 aromatic heterocycles. The number of amides is 1. The fraction of sp³-hybridized carbons (Fsp3) is 0.500. The SMILES string of the molecule is CC(C)(C)OCC[C@H](NC(=O)OCc1ccccc1)C(=O)O. The van der Waals surface area contributed by atoms with Gasteiger partial charge in [-0.3, -0.25) is 0 Å². The summed E-state index contributed by atoms with van der Waals surface area (Å²) in [4.78, 5) is 22.8. The number of benzene rings is 1. The van der Waals surface area contributed by atoms with Crippen molar-refractivity contribution < 1.29 is 24.2 Å². The van der Waals surface area contributed by atoms with Gasteiger partial charge in [0.25, 0.3) is 0 Å². The van der Waals surface area contributed by atoms with Crippen LogP contribution in [0.1, 0.15) is 32.8 Å². The van der Waals surface area contributed by atoms with E-state index in [1.54, 1.807) is 0 Å². The van der Waals surface area contributed by atoms with Crippen LogP contribution in [0.5, 0.6) is 0 Å². The average Bonchev–Trinajstić information content (AvgIpc) is 2.43. The van der Waals surface area contributed by atoms with Crippen molar-refractivity contribution in [3.63, 3.8) is 0 Å². The molecule has 1 rings (SSSR count). The van der Waals surface area contributed by atoms with E-state index in [-0.39, 0.29) is 25.2 Å². The Morgan fingerprint density at radius 1 is 1.23 bits per heavy atom. The van der Waals surface area contributed by atoms with Crippen LogP contribution in [-0.2, 0) is 20.9 Å². The van der Waals surface area contributed by atoms with Gasteiger partial charge in [-0.05, 0) is 26.3 Å². The van der Waals surface area contributed by atoms with E-state index in [4.69, 9.17) is 14.6 Å². The van der Waals surface area contributed by atoms with Crippen LogP contribution in [0, 0.1) is 0 Å². The maximum Gasteiger partial charge on any atom is 0.408 e. The van der Waals surface area contributed by atoms with Crippen molar-refractivity contribution in [2.45, 2.75) is 45.4 Å². The van der Waals surface area contributed by atoms with E-state index in [0.717, 1.165) is 5.56 Å². The van der Waals surface area contributed by atoms with Gasteiger partial charge < -0.3 is 19.9 Å². The summed E-state index contributed by atoms with van der Waals surface area (Å²) in [6, 6.07) is 8.13. The van der Waals surface area contributed by atoms with Crippen LogP contribution in [0.25, 0.3) is 0 Å². The highest BCUT2D eigenvalue weighted by Gasteiger charge is 2.21. The molecule has 2 N–H and O–H groups in total. The van der Waals surface area contributed by atoms with Gasteiger partial charge in [-0.1, -0.05) is 30.3 Å². The number of hydrogen-bond donors (Lipinski definition) is 2. The number of alkyl carbamates (subject to hydrolysis) is 1. The summed E-state index contributed by atoms with van der Waals surface area (Å²) in [6.45, 7) is 5.97. The summed E-state index contributed by atoms with van der Waals surface area (Å²) in [7, 11) is 0. The molecule has 22 heavy (non-hydrogen) atoms. The molecule has 0 spiro atoms. The van der Waals surface area contributed by atoms with Crippen LogP contribution in [-0.4, -0.2) is 35.4 Å². The van der Waals surface area contributed by atoms with E-state index in [0.29, 0.717) is 0 Å². The second-order valence-corrected chi connectivity index (χ2v) is 5.85. The minimum Gasteiger partial charge on any atom is -0.480 e. The van der Waals surface area contributed by atoms with Gasteiger partial charge in [0.1, 0.15) is 12.6 Å². The zero-order valence-corrected chi connectivity index (χ0v) is 13.2. The molecule has 122 valence electrons. The predicted octanol–water partition coefficient (Wildman–Crippen LogP) is 2.57. The lowest BCUT2D eigenvalue weighted by molar-refractivity contribution is -0.140. The second-order valence-electron chi connectivity index (χ2n) is 5.85. The first-order chi connectivity index (χ1) is 10.3.